The number of carbonyl (C=O) groups is 1. The van der Waals surface area contributed by atoms with Crippen molar-refractivity contribution in [3.8, 4) is 0 Å². The topological polar surface area (TPSA) is 20.3 Å². The predicted octanol–water partition coefficient (Wildman–Crippen LogP) is 0.990. The number of hydrogen-bond donors (Lipinski definition) is 0. The molecule has 0 aromatic heterocycles. The molecule has 1 saturated heterocycles. The SMILES string of the molecule is C=C1SC(=S)N(C)C1=O. The predicted molar refractivity (Wildman–Crippen MR) is 42.1 cm³/mol. The van der Waals surface area contributed by atoms with Crippen LogP contribution in [0.4, 0.5) is 0 Å². The molecule has 1 aliphatic heterocycles. The molecular formula is C5H5NOS2. The minimum Gasteiger partial charge on any atom is -0.296 e. The maximum atomic E-state index is 10.8. The van der Waals surface area contributed by atoms with E-state index in [2.05, 4.69) is 6.58 Å². The fraction of sp³-hybridized carbons (Fsp3) is 0.200. The Morgan fingerprint density at radius 3 is 2.44 bits per heavy atom. The summed E-state index contributed by atoms with van der Waals surface area (Å²) in [4.78, 5) is 12.8. The molecule has 0 bridgehead atoms. The number of nitrogens with zero attached hydrogens (tertiary/aromatic N) is 1. The Labute approximate surface area is 62.9 Å². The van der Waals surface area contributed by atoms with Gasteiger partial charge in [0.15, 0.2) is 0 Å². The van der Waals surface area contributed by atoms with Crippen molar-refractivity contribution in [1.82, 2.24) is 4.90 Å². The summed E-state index contributed by atoms with van der Waals surface area (Å²) in [5.41, 5.74) is 0. The Hall–Kier alpha value is -0.350. The molecule has 0 saturated carbocycles. The molecule has 4 heteroatoms. The van der Waals surface area contributed by atoms with Crippen LogP contribution in [0.2, 0.25) is 0 Å². The Morgan fingerprint density at radius 2 is 2.33 bits per heavy atom. The maximum Gasteiger partial charge on any atom is 0.265 e. The average molecular weight is 159 g/mol. The van der Waals surface area contributed by atoms with Crippen molar-refractivity contribution in [2.45, 2.75) is 0 Å². The van der Waals surface area contributed by atoms with Crippen LogP contribution in [0.1, 0.15) is 0 Å². The first kappa shape index (κ1) is 6.77. The maximum absolute atomic E-state index is 10.8. The van der Waals surface area contributed by atoms with E-state index in [1.165, 1.54) is 16.7 Å². The molecule has 0 N–H and O–H groups in total. The summed E-state index contributed by atoms with van der Waals surface area (Å²) in [7, 11) is 1.65. The lowest BCUT2D eigenvalue weighted by Crippen LogP contribution is -2.22. The van der Waals surface area contributed by atoms with Crippen molar-refractivity contribution in [3.05, 3.63) is 11.5 Å². The first-order valence-electron chi connectivity index (χ1n) is 2.31. The van der Waals surface area contributed by atoms with Crippen LogP contribution in [-0.2, 0) is 4.79 Å². The Kier molecular flexibility index (Phi) is 1.59. The first-order chi connectivity index (χ1) is 4.13. The van der Waals surface area contributed by atoms with Crippen molar-refractivity contribution in [2.24, 2.45) is 0 Å². The van der Waals surface area contributed by atoms with Crippen LogP contribution in [-0.4, -0.2) is 22.2 Å². The lowest BCUT2D eigenvalue weighted by molar-refractivity contribution is -0.121. The molecule has 1 fully saturated rings. The summed E-state index contributed by atoms with van der Waals surface area (Å²) in [6.07, 6.45) is 0. The highest BCUT2D eigenvalue weighted by Crippen LogP contribution is 2.27. The van der Waals surface area contributed by atoms with E-state index in [0.29, 0.717) is 9.23 Å². The summed E-state index contributed by atoms with van der Waals surface area (Å²) >= 11 is 6.05. The van der Waals surface area contributed by atoms with Crippen molar-refractivity contribution in [3.63, 3.8) is 0 Å². The molecule has 48 valence electrons. The van der Waals surface area contributed by atoms with Crippen LogP contribution in [0.15, 0.2) is 11.5 Å². The number of amides is 1. The number of hydrogen-bond acceptors (Lipinski definition) is 3. The quantitative estimate of drug-likeness (QED) is 0.388. The second-order valence-corrected chi connectivity index (χ2v) is 3.38. The van der Waals surface area contributed by atoms with Crippen molar-refractivity contribution < 1.29 is 4.79 Å². The lowest BCUT2D eigenvalue weighted by Gasteiger charge is -2.02. The summed E-state index contributed by atoms with van der Waals surface area (Å²) in [5, 5.41) is 0. The molecule has 0 atom stereocenters. The zero-order chi connectivity index (χ0) is 7.02. The third-order valence-electron chi connectivity index (χ3n) is 1.03. The van der Waals surface area contributed by atoms with Crippen molar-refractivity contribution in [2.75, 3.05) is 7.05 Å². The molecule has 1 amide bonds. The van der Waals surface area contributed by atoms with Crippen LogP contribution in [0.3, 0.4) is 0 Å². The summed E-state index contributed by atoms with van der Waals surface area (Å²) in [6.45, 7) is 3.52. The van der Waals surface area contributed by atoms with Crippen molar-refractivity contribution in [1.29, 1.82) is 0 Å². The van der Waals surface area contributed by atoms with E-state index in [1.54, 1.807) is 7.05 Å². The zero-order valence-corrected chi connectivity index (χ0v) is 6.51. The number of likely N-dealkylation sites (N-methyl/N-ethyl adjacent to an activating group) is 1. The van der Waals surface area contributed by atoms with Crippen molar-refractivity contribution >= 4 is 34.2 Å². The molecule has 0 aliphatic carbocycles. The van der Waals surface area contributed by atoms with Gasteiger partial charge in [0.05, 0.1) is 4.91 Å². The number of rotatable bonds is 0. The molecule has 0 aromatic carbocycles. The van der Waals surface area contributed by atoms with E-state index >= 15 is 0 Å². The first-order valence-corrected chi connectivity index (χ1v) is 3.54. The fourth-order valence-corrected chi connectivity index (χ4v) is 1.53. The average Bonchev–Trinajstić information content (AvgIpc) is 1.98. The van der Waals surface area contributed by atoms with E-state index in [1.807, 2.05) is 0 Å². The Morgan fingerprint density at radius 1 is 1.78 bits per heavy atom. The zero-order valence-electron chi connectivity index (χ0n) is 4.88. The van der Waals surface area contributed by atoms with Gasteiger partial charge in [-0.1, -0.05) is 30.6 Å². The van der Waals surface area contributed by atoms with Crippen LogP contribution in [0.5, 0.6) is 0 Å². The fourth-order valence-electron chi connectivity index (χ4n) is 0.487. The highest BCUT2D eigenvalue weighted by Gasteiger charge is 2.26. The van der Waals surface area contributed by atoms with E-state index < -0.39 is 0 Å². The Balaban J connectivity index is 2.90. The molecule has 0 aromatic rings. The number of carbonyl (C=O) groups excluding carboxylic acids is 1. The molecule has 0 unspecified atom stereocenters. The second-order valence-electron chi connectivity index (χ2n) is 1.66. The van der Waals surface area contributed by atoms with Gasteiger partial charge < -0.3 is 0 Å². The van der Waals surface area contributed by atoms with Gasteiger partial charge in [0.1, 0.15) is 4.32 Å². The highest BCUT2D eigenvalue weighted by atomic mass is 32.2. The third kappa shape index (κ3) is 0.997. The van der Waals surface area contributed by atoms with Gasteiger partial charge in [-0.05, 0) is 0 Å². The molecule has 0 spiro atoms. The summed E-state index contributed by atoms with van der Waals surface area (Å²) < 4.78 is 0.588. The van der Waals surface area contributed by atoms with Gasteiger partial charge in [-0.3, -0.25) is 9.69 Å². The van der Waals surface area contributed by atoms with Gasteiger partial charge in [0, 0.05) is 7.05 Å². The van der Waals surface area contributed by atoms with Gasteiger partial charge in [0.25, 0.3) is 5.91 Å². The number of thioether (sulfide) groups is 1. The van der Waals surface area contributed by atoms with Gasteiger partial charge >= 0.3 is 0 Å². The van der Waals surface area contributed by atoms with E-state index in [-0.39, 0.29) is 5.91 Å². The van der Waals surface area contributed by atoms with Gasteiger partial charge in [0.2, 0.25) is 0 Å². The summed E-state index contributed by atoms with van der Waals surface area (Å²) in [6, 6.07) is 0. The second kappa shape index (κ2) is 2.11. The van der Waals surface area contributed by atoms with E-state index in [4.69, 9.17) is 12.2 Å². The smallest absolute Gasteiger partial charge is 0.265 e. The van der Waals surface area contributed by atoms with Gasteiger partial charge in [-0.15, -0.1) is 0 Å². The molecule has 1 aliphatic rings. The minimum atomic E-state index is -0.0787. The Bertz CT molecular complexity index is 199. The molecular weight excluding hydrogens is 154 g/mol. The molecule has 1 heterocycles. The monoisotopic (exact) mass is 159 g/mol. The van der Waals surface area contributed by atoms with Gasteiger partial charge in [-0.2, -0.15) is 0 Å². The standard InChI is InChI=1S/C5H5NOS2/c1-3-4(7)6(2)5(8)9-3/h1H2,2H3. The van der Waals surface area contributed by atoms with Crippen LogP contribution < -0.4 is 0 Å². The normalized spacial score (nSPS) is 19.7. The minimum absolute atomic E-state index is 0.0787. The molecule has 0 radical (unpaired) electrons. The largest absolute Gasteiger partial charge is 0.296 e. The van der Waals surface area contributed by atoms with E-state index in [0.717, 1.165) is 0 Å². The number of thiocarbonyl (C=S) groups is 1. The van der Waals surface area contributed by atoms with Crippen LogP contribution in [0, 0.1) is 0 Å². The highest BCUT2D eigenvalue weighted by molar-refractivity contribution is 8.26. The van der Waals surface area contributed by atoms with E-state index in [9.17, 15) is 4.79 Å². The lowest BCUT2D eigenvalue weighted by atomic mass is 10.5. The molecule has 9 heavy (non-hydrogen) atoms. The van der Waals surface area contributed by atoms with Crippen LogP contribution in [0.25, 0.3) is 0 Å². The molecule has 1 rings (SSSR count). The molecule has 2 nitrogen and oxygen atoms in total. The van der Waals surface area contributed by atoms with Gasteiger partial charge in [-0.25, -0.2) is 0 Å². The summed E-state index contributed by atoms with van der Waals surface area (Å²) in [5.74, 6) is -0.0787. The third-order valence-corrected chi connectivity index (χ3v) is 2.42. The van der Waals surface area contributed by atoms with Crippen LogP contribution >= 0.6 is 24.0 Å².